The molecule has 1 aliphatic carbocycles. The predicted octanol–water partition coefficient (Wildman–Crippen LogP) is 3.49. The highest BCUT2D eigenvalue weighted by Gasteiger charge is 2.26. The first-order valence-electron chi connectivity index (χ1n) is 10.3. The summed E-state index contributed by atoms with van der Waals surface area (Å²) in [6, 6.07) is 12.1. The van der Waals surface area contributed by atoms with Crippen molar-refractivity contribution in [3.63, 3.8) is 0 Å². The summed E-state index contributed by atoms with van der Waals surface area (Å²) in [7, 11) is 0. The van der Waals surface area contributed by atoms with Crippen LogP contribution in [0.3, 0.4) is 0 Å². The lowest BCUT2D eigenvalue weighted by Crippen LogP contribution is -2.26. The number of anilines is 2. The van der Waals surface area contributed by atoms with Gasteiger partial charge in [-0.1, -0.05) is 12.1 Å². The van der Waals surface area contributed by atoms with Gasteiger partial charge in [-0.25, -0.2) is 0 Å². The van der Waals surface area contributed by atoms with Gasteiger partial charge in [0.05, 0.1) is 0 Å². The topological polar surface area (TPSA) is 76.7 Å². The number of hydrogen-bond acceptors (Lipinski definition) is 4. The molecule has 2 aliphatic heterocycles. The van der Waals surface area contributed by atoms with Crippen LogP contribution >= 0.6 is 0 Å². The van der Waals surface area contributed by atoms with Gasteiger partial charge >= 0.3 is 0 Å². The molecule has 2 atom stereocenters. The fraction of sp³-hybridized carbons (Fsp3) is 0.391. The molecule has 0 aromatic heterocycles. The van der Waals surface area contributed by atoms with E-state index < -0.39 is 0 Å². The Labute approximate surface area is 169 Å². The van der Waals surface area contributed by atoms with Crippen molar-refractivity contribution < 1.29 is 19.1 Å². The number of amides is 2. The molecule has 150 valence electrons. The molecule has 2 fully saturated rings. The molecule has 2 heterocycles. The van der Waals surface area contributed by atoms with Gasteiger partial charge in [0, 0.05) is 24.6 Å². The van der Waals surface area contributed by atoms with Gasteiger partial charge in [0.1, 0.15) is 12.2 Å². The molecule has 0 radical (unpaired) electrons. The van der Waals surface area contributed by atoms with Crippen LogP contribution in [0.4, 0.5) is 11.4 Å². The zero-order valence-corrected chi connectivity index (χ0v) is 16.2. The molecular formula is C23H24N2O4. The van der Waals surface area contributed by atoms with Crippen molar-refractivity contribution in [3.8, 4) is 11.1 Å². The average Bonchev–Trinajstić information content (AvgIpc) is 3.47. The summed E-state index contributed by atoms with van der Waals surface area (Å²) >= 11 is 0. The minimum Gasteiger partial charge on any atom is -0.368 e. The van der Waals surface area contributed by atoms with Crippen LogP contribution in [-0.2, 0) is 25.5 Å². The lowest BCUT2D eigenvalue weighted by molar-refractivity contribution is -0.125. The number of carbonyl (C=O) groups is 2. The molecule has 2 aromatic rings. The Bertz CT molecular complexity index is 882. The minimum absolute atomic E-state index is 0.0721. The molecule has 2 unspecified atom stereocenters. The smallest absolute Gasteiger partial charge is 0.253 e. The maximum absolute atomic E-state index is 12.3. The molecule has 6 heteroatoms. The highest BCUT2D eigenvalue weighted by molar-refractivity contribution is 5.96. The third-order valence-corrected chi connectivity index (χ3v) is 5.86. The molecule has 0 spiro atoms. The maximum atomic E-state index is 12.3. The Balaban J connectivity index is 1.29. The molecule has 5 rings (SSSR count). The Morgan fingerprint density at radius 3 is 1.66 bits per heavy atom. The number of benzene rings is 2. The molecule has 2 aromatic carbocycles. The van der Waals surface area contributed by atoms with Crippen molar-refractivity contribution in [1.29, 1.82) is 0 Å². The van der Waals surface area contributed by atoms with E-state index in [2.05, 4.69) is 22.8 Å². The van der Waals surface area contributed by atoms with E-state index in [-0.39, 0.29) is 24.0 Å². The summed E-state index contributed by atoms with van der Waals surface area (Å²) in [5.41, 5.74) is 6.28. The van der Waals surface area contributed by atoms with E-state index in [0.717, 1.165) is 43.5 Å². The van der Waals surface area contributed by atoms with Crippen LogP contribution < -0.4 is 10.6 Å². The molecule has 3 aliphatic rings. The van der Waals surface area contributed by atoms with Crippen LogP contribution in [0.25, 0.3) is 11.1 Å². The zero-order chi connectivity index (χ0) is 19.8. The number of ether oxygens (including phenoxy) is 2. The number of fused-ring (bicyclic) bond motifs is 3. The first-order chi connectivity index (χ1) is 14.2. The Morgan fingerprint density at radius 2 is 1.24 bits per heavy atom. The summed E-state index contributed by atoms with van der Waals surface area (Å²) in [5.74, 6) is -0.144. The van der Waals surface area contributed by atoms with Crippen LogP contribution in [0, 0.1) is 0 Å². The number of rotatable bonds is 4. The van der Waals surface area contributed by atoms with E-state index in [1.807, 2.05) is 24.3 Å². The van der Waals surface area contributed by atoms with Gasteiger partial charge in [0.2, 0.25) is 0 Å². The third-order valence-electron chi connectivity index (χ3n) is 5.86. The van der Waals surface area contributed by atoms with Crippen molar-refractivity contribution in [3.05, 3.63) is 47.5 Å². The van der Waals surface area contributed by atoms with E-state index in [1.54, 1.807) is 0 Å². The van der Waals surface area contributed by atoms with Crippen LogP contribution in [0.5, 0.6) is 0 Å². The van der Waals surface area contributed by atoms with Gasteiger partial charge in [-0.15, -0.1) is 0 Å². The fourth-order valence-corrected chi connectivity index (χ4v) is 4.38. The van der Waals surface area contributed by atoms with Crippen molar-refractivity contribution in [2.24, 2.45) is 0 Å². The standard InChI is InChI=1S/C23H24N2O4/c26-22(20-3-1-9-28-20)24-16-5-7-18-14(12-16)11-15-13-17(6-8-19(15)18)25-23(27)21-4-2-10-29-21/h5-8,12-13,20-21H,1-4,9-11H2,(H,24,26)(H,25,27). The summed E-state index contributed by atoms with van der Waals surface area (Å²) in [5, 5.41) is 5.95. The lowest BCUT2D eigenvalue weighted by atomic mass is 10.0. The normalized spacial score (nSPS) is 22.2. The van der Waals surface area contributed by atoms with Gasteiger partial charge in [-0.05, 0) is 78.6 Å². The summed E-state index contributed by atoms with van der Waals surface area (Å²) < 4.78 is 10.9. The summed E-state index contributed by atoms with van der Waals surface area (Å²) in [6.07, 6.45) is 3.53. The van der Waals surface area contributed by atoms with E-state index in [9.17, 15) is 9.59 Å². The van der Waals surface area contributed by atoms with Gasteiger partial charge in [0.25, 0.3) is 11.8 Å². The molecule has 2 saturated heterocycles. The number of hydrogen-bond donors (Lipinski definition) is 2. The zero-order valence-electron chi connectivity index (χ0n) is 16.2. The summed E-state index contributed by atoms with van der Waals surface area (Å²) in [6.45, 7) is 1.31. The fourth-order valence-electron chi connectivity index (χ4n) is 4.38. The summed E-state index contributed by atoms with van der Waals surface area (Å²) in [4.78, 5) is 24.6. The van der Waals surface area contributed by atoms with E-state index in [0.29, 0.717) is 13.2 Å². The van der Waals surface area contributed by atoms with Crippen LogP contribution in [0.1, 0.15) is 36.8 Å². The molecule has 0 bridgehead atoms. The molecule has 6 nitrogen and oxygen atoms in total. The van der Waals surface area contributed by atoms with Crippen molar-refractivity contribution in [2.75, 3.05) is 23.8 Å². The van der Waals surface area contributed by atoms with Gasteiger partial charge < -0.3 is 20.1 Å². The quantitative estimate of drug-likeness (QED) is 0.713. The van der Waals surface area contributed by atoms with E-state index >= 15 is 0 Å². The van der Waals surface area contributed by atoms with Crippen LogP contribution in [0.15, 0.2) is 36.4 Å². The second kappa shape index (κ2) is 7.61. The second-order valence-corrected chi connectivity index (χ2v) is 7.90. The molecule has 2 amide bonds. The number of carbonyl (C=O) groups excluding carboxylic acids is 2. The van der Waals surface area contributed by atoms with Gasteiger partial charge in [-0.2, -0.15) is 0 Å². The third kappa shape index (κ3) is 3.66. The predicted molar refractivity (Wildman–Crippen MR) is 110 cm³/mol. The van der Waals surface area contributed by atoms with Crippen molar-refractivity contribution in [2.45, 2.75) is 44.3 Å². The molecular weight excluding hydrogens is 368 g/mol. The average molecular weight is 392 g/mol. The maximum Gasteiger partial charge on any atom is 0.253 e. The largest absolute Gasteiger partial charge is 0.368 e. The number of nitrogens with one attached hydrogen (secondary N) is 2. The first kappa shape index (κ1) is 18.3. The lowest BCUT2D eigenvalue weighted by Gasteiger charge is -2.12. The van der Waals surface area contributed by atoms with Crippen LogP contribution in [-0.4, -0.2) is 37.2 Å². The Kier molecular flexibility index (Phi) is 4.81. The minimum atomic E-state index is -0.338. The van der Waals surface area contributed by atoms with Gasteiger partial charge in [0.15, 0.2) is 0 Å². The molecule has 2 N–H and O–H groups in total. The SMILES string of the molecule is O=C(Nc1ccc2c(c1)Cc1cc(NC(=O)C3CCCO3)ccc1-2)C1CCCO1. The molecule has 0 saturated carbocycles. The van der Waals surface area contributed by atoms with Gasteiger partial charge in [-0.3, -0.25) is 9.59 Å². The monoisotopic (exact) mass is 392 g/mol. The van der Waals surface area contributed by atoms with Crippen molar-refractivity contribution >= 4 is 23.2 Å². The van der Waals surface area contributed by atoms with E-state index in [4.69, 9.17) is 9.47 Å². The Hall–Kier alpha value is -2.70. The highest BCUT2D eigenvalue weighted by atomic mass is 16.5. The second-order valence-electron chi connectivity index (χ2n) is 7.90. The molecule has 29 heavy (non-hydrogen) atoms. The first-order valence-corrected chi connectivity index (χ1v) is 10.3. The Morgan fingerprint density at radius 1 is 0.759 bits per heavy atom. The van der Waals surface area contributed by atoms with Crippen LogP contribution in [0.2, 0.25) is 0 Å². The van der Waals surface area contributed by atoms with E-state index in [1.165, 1.54) is 22.3 Å². The van der Waals surface area contributed by atoms with Crippen molar-refractivity contribution in [1.82, 2.24) is 0 Å². The highest BCUT2D eigenvalue weighted by Crippen LogP contribution is 2.39.